The largest absolute Gasteiger partial charge is 0.459 e. The first-order valence-electron chi connectivity index (χ1n) is 8.80. The molecule has 0 atom stereocenters. The molecule has 0 N–H and O–H groups in total. The van der Waals surface area contributed by atoms with Gasteiger partial charge >= 0.3 is 5.97 Å². The van der Waals surface area contributed by atoms with Crippen LogP contribution in [0.25, 0.3) is 22.2 Å². The molecule has 1 aromatic carbocycles. The third-order valence-corrected chi connectivity index (χ3v) is 4.33. The number of rotatable bonds is 6. The highest BCUT2D eigenvalue weighted by atomic mass is 32.2. The van der Waals surface area contributed by atoms with E-state index in [0.717, 1.165) is 16.5 Å². The summed E-state index contributed by atoms with van der Waals surface area (Å²) in [5, 5.41) is 1.54. The molecule has 0 unspecified atom stereocenters. The molecule has 0 aliphatic carbocycles. The summed E-state index contributed by atoms with van der Waals surface area (Å²) < 4.78 is 7.12. The molecule has 2 heterocycles. The van der Waals surface area contributed by atoms with E-state index >= 15 is 0 Å². The van der Waals surface area contributed by atoms with Gasteiger partial charge in [-0.1, -0.05) is 30.0 Å². The molecule has 0 aliphatic rings. The Morgan fingerprint density at radius 3 is 2.56 bits per heavy atom. The average Bonchev–Trinajstić information content (AvgIpc) is 2.98. The number of benzene rings is 1. The van der Waals surface area contributed by atoms with Gasteiger partial charge in [0.2, 0.25) is 0 Å². The standard InChI is InChI=1S/C20H23N3O3S/c1-12(2)25-19(24)15-10-21-20(27-5)22-18(15)16-11-23(26-13(3)4)17-9-7-6-8-14(16)17/h6-13H,1-5H3. The van der Waals surface area contributed by atoms with Crippen LogP contribution in [-0.4, -0.2) is 39.1 Å². The second kappa shape index (κ2) is 8.00. The Bertz CT molecular complexity index is 966. The van der Waals surface area contributed by atoms with E-state index in [1.165, 1.54) is 18.0 Å². The number of thioether (sulfide) groups is 1. The van der Waals surface area contributed by atoms with Crippen molar-refractivity contribution in [2.24, 2.45) is 0 Å². The Hall–Kier alpha value is -2.54. The summed E-state index contributed by atoms with van der Waals surface area (Å²) in [6.45, 7) is 7.57. The molecule has 142 valence electrons. The molecule has 0 amide bonds. The van der Waals surface area contributed by atoms with Crippen molar-refractivity contribution in [3.05, 3.63) is 42.2 Å². The van der Waals surface area contributed by atoms with E-state index in [1.807, 2.05) is 64.4 Å². The fraction of sp³-hybridized carbons (Fsp3) is 0.350. The van der Waals surface area contributed by atoms with Crippen molar-refractivity contribution in [1.82, 2.24) is 14.7 Å². The topological polar surface area (TPSA) is 66.2 Å². The number of hydrogen-bond donors (Lipinski definition) is 0. The lowest BCUT2D eigenvalue weighted by Crippen LogP contribution is -2.17. The Labute approximate surface area is 162 Å². The van der Waals surface area contributed by atoms with Crippen LogP contribution in [0.1, 0.15) is 38.1 Å². The summed E-state index contributed by atoms with van der Waals surface area (Å²) in [6, 6.07) is 7.87. The number of carbonyl (C=O) groups is 1. The molecule has 3 rings (SSSR count). The van der Waals surface area contributed by atoms with Crippen LogP contribution >= 0.6 is 11.8 Å². The predicted molar refractivity (Wildman–Crippen MR) is 107 cm³/mol. The zero-order valence-corrected chi connectivity index (χ0v) is 16.9. The van der Waals surface area contributed by atoms with Gasteiger partial charge in [0, 0.05) is 17.1 Å². The van der Waals surface area contributed by atoms with Crippen LogP contribution in [0.15, 0.2) is 41.8 Å². The van der Waals surface area contributed by atoms with E-state index in [2.05, 4.69) is 9.97 Å². The summed E-state index contributed by atoms with van der Waals surface area (Å²) in [5.41, 5.74) is 2.60. The van der Waals surface area contributed by atoms with Gasteiger partial charge in [-0.3, -0.25) is 0 Å². The minimum Gasteiger partial charge on any atom is -0.459 e. The van der Waals surface area contributed by atoms with Crippen molar-refractivity contribution in [2.75, 3.05) is 6.26 Å². The first-order valence-corrected chi connectivity index (χ1v) is 10.0. The highest BCUT2D eigenvalue weighted by Crippen LogP contribution is 2.32. The quantitative estimate of drug-likeness (QED) is 0.359. The van der Waals surface area contributed by atoms with Gasteiger partial charge in [-0.05, 0) is 40.0 Å². The van der Waals surface area contributed by atoms with Gasteiger partial charge in [0.05, 0.1) is 23.5 Å². The lowest BCUT2D eigenvalue weighted by molar-refractivity contribution is 0.0377. The molecule has 6 nitrogen and oxygen atoms in total. The highest BCUT2D eigenvalue weighted by Gasteiger charge is 2.22. The first-order chi connectivity index (χ1) is 12.9. The molecule has 27 heavy (non-hydrogen) atoms. The van der Waals surface area contributed by atoms with Crippen molar-refractivity contribution in [3.63, 3.8) is 0 Å². The molecule has 0 fully saturated rings. The number of aromatic nitrogens is 3. The van der Waals surface area contributed by atoms with Crippen LogP contribution in [0.5, 0.6) is 0 Å². The van der Waals surface area contributed by atoms with Crippen LogP contribution in [0.2, 0.25) is 0 Å². The Morgan fingerprint density at radius 2 is 1.89 bits per heavy atom. The van der Waals surface area contributed by atoms with Gasteiger partial charge in [-0.25, -0.2) is 14.8 Å². The summed E-state index contributed by atoms with van der Waals surface area (Å²) in [7, 11) is 0. The number of carbonyl (C=O) groups excluding carboxylic acids is 1. The van der Waals surface area contributed by atoms with Gasteiger partial charge in [-0.15, -0.1) is 0 Å². The third kappa shape index (κ3) is 4.08. The van der Waals surface area contributed by atoms with E-state index in [-0.39, 0.29) is 12.2 Å². The minimum atomic E-state index is -0.436. The van der Waals surface area contributed by atoms with Gasteiger partial charge in [0.15, 0.2) is 5.16 Å². The predicted octanol–water partition coefficient (Wildman–Crippen LogP) is 4.22. The van der Waals surface area contributed by atoms with Crippen LogP contribution in [0.3, 0.4) is 0 Å². The van der Waals surface area contributed by atoms with Gasteiger partial charge < -0.3 is 9.57 Å². The SMILES string of the molecule is CSc1ncc(C(=O)OC(C)C)c(-c2cn(OC(C)C)c3ccccc23)n1. The summed E-state index contributed by atoms with van der Waals surface area (Å²) >= 11 is 1.42. The van der Waals surface area contributed by atoms with Crippen LogP contribution < -0.4 is 4.84 Å². The third-order valence-electron chi connectivity index (χ3n) is 3.77. The molecule has 2 aromatic heterocycles. The van der Waals surface area contributed by atoms with Crippen molar-refractivity contribution in [3.8, 4) is 11.3 Å². The van der Waals surface area contributed by atoms with E-state index in [9.17, 15) is 4.79 Å². The number of nitrogens with zero attached hydrogens (tertiary/aromatic N) is 3. The van der Waals surface area contributed by atoms with Crippen LogP contribution in [-0.2, 0) is 4.74 Å². The number of ether oxygens (including phenoxy) is 1. The number of hydrogen-bond acceptors (Lipinski definition) is 6. The lowest BCUT2D eigenvalue weighted by Gasteiger charge is -2.11. The van der Waals surface area contributed by atoms with Crippen molar-refractivity contribution >= 4 is 28.6 Å². The smallest absolute Gasteiger partial charge is 0.342 e. The molecular weight excluding hydrogens is 362 g/mol. The minimum absolute atomic E-state index is 0.00573. The van der Waals surface area contributed by atoms with Crippen molar-refractivity contribution in [1.29, 1.82) is 0 Å². The second-order valence-electron chi connectivity index (χ2n) is 6.61. The van der Waals surface area contributed by atoms with E-state index in [0.29, 0.717) is 16.4 Å². The molecule has 0 bridgehead atoms. The lowest BCUT2D eigenvalue weighted by atomic mass is 10.1. The molecular formula is C20H23N3O3S. The highest BCUT2D eigenvalue weighted by molar-refractivity contribution is 7.98. The molecule has 3 aromatic rings. The number of para-hydroxylation sites is 1. The fourth-order valence-corrected chi connectivity index (χ4v) is 3.09. The van der Waals surface area contributed by atoms with Crippen LogP contribution in [0.4, 0.5) is 0 Å². The van der Waals surface area contributed by atoms with Gasteiger partial charge in [0.1, 0.15) is 11.7 Å². The molecule has 0 spiro atoms. The van der Waals surface area contributed by atoms with Crippen molar-refractivity contribution < 1.29 is 14.4 Å². The maximum absolute atomic E-state index is 12.6. The first kappa shape index (κ1) is 19.2. The van der Waals surface area contributed by atoms with Crippen LogP contribution in [0, 0.1) is 0 Å². The fourth-order valence-electron chi connectivity index (χ4n) is 2.75. The molecule has 0 radical (unpaired) electrons. The molecule has 0 saturated heterocycles. The number of fused-ring (bicyclic) bond motifs is 1. The Balaban J connectivity index is 2.22. The monoisotopic (exact) mass is 385 g/mol. The van der Waals surface area contributed by atoms with E-state index < -0.39 is 5.97 Å². The van der Waals surface area contributed by atoms with E-state index in [4.69, 9.17) is 9.57 Å². The zero-order chi connectivity index (χ0) is 19.6. The van der Waals surface area contributed by atoms with Gasteiger partial charge in [-0.2, -0.15) is 4.73 Å². The Kier molecular flexibility index (Phi) is 5.70. The summed E-state index contributed by atoms with van der Waals surface area (Å²) in [6.07, 6.45) is 5.08. The Morgan fingerprint density at radius 1 is 1.15 bits per heavy atom. The average molecular weight is 385 g/mol. The second-order valence-corrected chi connectivity index (χ2v) is 7.39. The summed E-state index contributed by atoms with van der Waals surface area (Å²) in [4.78, 5) is 27.4. The summed E-state index contributed by atoms with van der Waals surface area (Å²) in [5.74, 6) is -0.436. The van der Waals surface area contributed by atoms with Crippen molar-refractivity contribution in [2.45, 2.75) is 45.1 Å². The van der Waals surface area contributed by atoms with Gasteiger partial charge in [0.25, 0.3) is 0 Å². The molecule has 0 saturated carbocycles. The maximum Gasteiger partial charge on any atom is 0.342 e. The van der Waals surface area contributed by atoms with E-state index in [1.54, 1.807) is 4.73 Å². The number of esters is 1. The molecule has 0 aliphatic heterocycles. The normalized spacial score (nSPS) is 11.4. The molecule has 7 heteroatoms. The zero-order valence-electron chi connectivity index (χ0n) is 16.1. The maximum atomic E-state index is 12.6.